The zero-order chi connectivity index (χ0) is 22.8. The van der Waals surface area contributed by atoms with E-state index in [-0.39, 0.29) is 11.6 Å². The Bertz CT molecular complexity index is 1250. The zero-order valence-corrected chi connectivity index (χ0v) is 22.5. The third kappa shape index (κ3) is 5.47. The first-order chi connectivity index (χ1) is 15.3. The molecule has 1 heterocycles. The summed E-state index contributed by atoms with van der Waals surface area (Å²) in [7, 11) is 0. The van der Waals surface area contributed by atoms with Gasteiger partial charge in [0.15, 0.2) is 5.70 Å². The highest BCUT2D eigenvalue weighted by Gasteiger charge is 2.26. The standard InChI is InChI=1S/C24H15Cl2I2NO3/c1-13-2-4-14(5-3-13)12-31-22-19(27)8-15(9-20(22)28)10-21-24(30)32-23(29-21)17-11-16(25)6-7-18(17)26/h2-11H,12H2,1H3. The quantitative estimate of drug-likeness (QED) is 0.159. The van der Waals surface area contributed by atoms with Gasteiger partial charge < -0.3 is 9.47 Å². The number of rotatable bonds is 5. The summed E-state index contributed by atoms with van der Waals surface area (Å²) < 4.78 is 13.2. The number of nitrogens with zero attached hydrogens (tertiary/aromatic N) is 1. The largest absolute Gasteiger partial charge is 0.487 e. The van der Waals surface area contributed by atoms with Gasteiger partial charge in [-0.1, -0.05) is 53.0 Å². The minimum Gasteiger partial charge on any atom is -0.487 e. The molecule has 0 unspecified atom stereocenters. The molecule has 4 rings (SSSR count). The molecule has 0 aromatic heterocycles. The normalized spacial score (nSPS) is 14.5. The van der Waals surface area contributed by atoms with Crippen LogP contribution in [0.25, 0.3) is 6.08 Å². The van der Waals surface area contributed by atoms with Gasteiger partial charge in [-0.25, -0.2) is 9.79 Å². The van der Waals surface area contributed by atoms with Gasteiger partial charge in [-0.2, -0.15) is 0 Å². The maximum atomic E-state index is 12.4. The van der Waals surface area contributed by atoms with Crippen LogP contribution in [0.15, 0.2) is 65.3 Å². The van der Waals surface area contributed by atoms with E-state index >= 15 is 0 Å². The number of hydrogen-bond acceptors (Lipinski definition) is 4. The Morgan fingerprint density at radius 2 is 1.72 bits per heavy atom. The number of aryl methyl sites for hydroxylation is 1. The van der Waals surface area contributed by atoms with E-state index in [2.05, 4.69) is 81.4 Å². The molecule has 8 heteroatoms. The molecule has 32 heavy (non-hydrogen) atoms. The molecular formula is C24H15Cl2I2NO3. The highest BCUT2D eigenvalue weighted by Crippen LogP contribution is 2.32. The van der Waals surface area contributed by atoms with Crippen molar-refractivity contribution in [1.29, 1.82) is 0 Å². The van der Waals surface area contributed by atoms with Crippen molar-refractivity contribution < 1.29 is 14.3 Å². The number of aliphatic imine (C=N–C) groups is 1. The number of carbonyl (C=O) groups excluding carboxylic acids is 1. The summed E-state index contributed by atoms with van der Waals surface area (Å²) >= 11 is 16.7. The fraction of sp³-hybridized carbons (Fsp3) is 0.0833. The van der Waals surface area contributed by atoms with Crippen LogP contribution in [0.3, 0.4) is 0 Å². The van der Waals surface area contributed by atoms with Gasteiger partial charge in [-0.05, 0) is 99.6 Å². The monoisotopic (exact) mass is 689 g/mol. The van der Waals surface area contributed by atoms with Crippen LogP contribution < -0.4 is 4.74 Å². The molecule has 1 aliphatic heterocycles. The number of carbonyl (C=O) groups is 1. The van der Waals surface area contributed by atoms with Gasteiger partial charge in [-0.15, -0.1) is 0 Å². The summed E-state index contributed by atoms with van der Waals surface area (Å²) in [6, 6.07) is 17.0. The number of cyclic esters (lactones) is 1. The van der Waals surface area contributed by atoms with Crippen LogP contribution in [-0.4, -0.2) is 11.9 Å². The van der Waals surface area contributed by atoms with E-state index in [1.54, 1.807) is 24.3 Å². The van der Waals surface area contributed by atoms with Crippen LogP contribution in [0.2, 0.25) is 10.0 Å². The number of hydrogen-bond donors (Lipinski definition) is 0. The SMILES string of the molecule is Cc1ccc(COc2c(I)cc(C=C3N=C(c4cc(Cl)ccc4Cl)OC3=O)cc2I)cc1. The van der Waals surface area contributed by atoms with Gasteiger partial charge in [-0.3, -0.25) is 0 Å². The third-order valence-corrected chi connectivity index (χ3v) is 6.77. The summed E-state index contributed by atoms with van der Waals surface area (Å²) in [5.74, 6) is 0.398. The molecule has 0 atom stereocenters. The first-order valence-corrected chi connectivity index (χ1v) is 12.4. The Morgan fingerprint density at radius 1 is 1.03 bits per heavy atom. The topological polar surface area (TPSA) is 47.9 Å². The summed E-state index contributed by atoms with van der Waals surface area (Å²) in [6.45, 7) is 2.54. The van der Waals surface area contributed by atoms with Crippen molar-refractivity contribution in [3.8, 4) is 5.75 Å². The third-order valence-electron chi connectivity index (χ3n) is 4.61. The summed E-state index contributed by atoms with van der Waals surface area (Å²) in [4.78, 5) is 16.7. The van der Waals surface area contributed by atoms with Crippen molar-refractivity contribution in [3.05, 3.63) is 99.7 Å². The molecule has 0 saturated heterocycles. The van der Waals surface area contributed by atoms with Gasteiger partial charge in [0.1, 0.15) is 12.4 Å². The molecule has 0 radical (unpaired) electrons. The van der Waals surface area contributed by atoms with Crippen LogP contribution >= 0.6 is 68.4 Å². The van der Waals surface area contributed by atoms with Crippen LogP contribution in [0, 0.1) is 14.1 Å². The molecule has 0 bridgehead atoms. The molecule has 0 N–H and O–H groups in total. The highest BCUT2D eigenvalue weighted by atomic mass is 127. The second-order valence-corrected chi connectivity index (χ2v) is 10.2. The molecule has 0 saturated carbocycles. The van der Waals surface area contributed by atoms with Crippen molar-refractivity contribution in [2.24, 2.45) is 4.99 Å². The smallest absolute Gasteiger partial charge is 0.363 e. The van der Waals surface area contributed by atoms with Crippen molar-refractivity contribution >= 4 is 86.3 Å². The second-order valence-electron chi connectivity index (χ2n) is 7.05. The van der Waals surface area contributed by atoms with Crippen LogP contribution in [0.4, 0.5) is 0 Å². The van der Waals surface area contributed by atoms with E-state index in [0.29, 0.717) is 22.2 Å². The van der Waals surface area contributed by atoms with E-state index in [9.17, 15) is 4.79 Å². The lowest BCUT2D eigenvalue weighted by molar-refractivity contribution is -0.129. The van der Waals surface area contributed by atoms with Crippen LogP contribution in [0.5, 0.6) is 5.75 Å². The van der Waals surface area contributed by atoms with Crippen molar-refractivity contribution in [1.82, 2.24) is 0 Å². The van der Waals surface area contributed by atoms with Crippen molar-refractivity contribution in [3.63, 3.8) is 0 Å². The van der Waals surface area contributed by atoms with E-state index in [0.717, 1.165) is 24.0 Å². The molecule has 3 aromatic rings. The molecule has 0 aliphatic carbocycles. The molecule has 3 aromatic carbocycles. The molecule has 0 amide bonds. The first-order valence-electron chi connectivity index (χ1n) is 9.45. The van der Waals surface area contributed by atoms with Crippen LogP contribution in [-0.2, 0) is 16.1 Å². The van der Waals surface area contributed by atoms with E-state index in [1.165, 1.54) is 5.56 Å². The predicted molar refractivity (Wildman–Crippen MR) is 144 cm³/mol. The molecule has 4 nitrogen and oxygen atoms in total. The predicted octanol–water partition coefficient (Wildman–Crippen LogP) is 7.43. The molecular weight excluding hydrogens is 675 g/mol. The number of ether oxygens (including phenoxy) is 2. The lowest BCUT2D eigenvalue weighted by Crippen LogP contribution is -2.06. The fourth-order valence-corrected chi connectivity index (χ4v) is 5.48. The second kappa shape index (κ2) is 10.1. The van der Waals surface area contributed by atoms with Crippen molar-refractivity contribution in [2.45, 2.75) is 13.5 Å². The lowest BCUT2D eigenvalue weighted by Gasteiger charge is -2.12. The minimum atomic E-state index is -0.541. The maximum Gasteiger partial charge on any atom is 0.363 e. The molecule has 0 fully saturated rings. The van der Waals surface area contributed by atoms with Gasteiger partial charge >= 0.3 is 5.97 Å². The molecule has 1 aliphatic rings. The average molecular weight is 690 g/mol. The minimum absolute atomic E-state index is 0.135. The average Bonchev–Trinajstić information content (AvgIpc) is 3.10. The summed E-state index contributed by atoms with van der Waals surface area (Å²) in [5, 5.41) is 0.882. The van der Waals surface area contributed by atoms with Crippen molar-refractivity contribution in [2.75, 3.05) is 0 Å². The summed E-state index contributed by atoms with van der Waals surface area (Å²) in [6.07, 6.45) is 1.68. The highest BCUT2D eigenvalue weighted by molar-refractivity contribution is 14.1. The van der Waals surface area contributed by atoms with Crippen LogP contribution in [0.1, 0.15) is 22.3 Å². The maximum absolute atomic E-state index is 12.4. The number of esters is 1. The van der Waals surface area contributed by atoms with E-state index in [4.69, 9.17) is 32.7 Å². The number of benzene rings is 3. The van der Waals surface area contributed by atoms with Gasteiger partial charge in [0.05, 0.1) is 17.7 Å². The summed E-state index contributed by atoms with van der Waals surface area (Å²) in [5.41, 5.74) is 3.79. The van der Waals surface area contributed by atoms with E-state index < -0.39 is 5.97 Å². The molecule has 0 spiro atoms. The Morgan fingerprint density at radius 3 is 2.41 bits per heavy atom. The lowest BCUT2D eigenvalue weighted by atomic mass is 10.1. The number of halogens is 4. The Hall–Kier alpha value is -1.62. The Balaban J connectivity index is 1.57. The molecule has 162 valence electrons. The van der Waals surface area contributed by atoms with Gasteiger partial charge in [0.25, 0.3) is 0 Å². The zero-order valence-electron chi connectivity index (χ0n) is 16.7. The fourth-order valence-electron chi connectivity index (χ4n) is 2.98. The Labute approximate surface area is 222 Å². The van der Waals surface area contributed by atoms with E-state index in [1.807, 2.05) is 12.1 Å². The van der Waals surface area contributed by atoms with Gasteiger partial charge in [0, 0.05) is 5.02 Å². The van der Waals surface area contributed by atoms with Gasteiger partial charge in [0.2, 0.25) is 5.90 Å². The Kier molecular flexibility index (Phi) is 7.44. The first kappa shape index (κ1) is 23.5.